The number of carbonyl (C=O) groups excluding carboxylic acids is 1. The van der Waals surface area contributed by atoms with Crippen molar-refractivity contribution in [2.45, 2.75) is 76.5 Å². The summed E-state index contributed by atoms with van der Waals surface area (Å²) in [5, 5.41) is 3.60. The third kappa shape index (κ3) is 2.90. The average molecular weight is 329 g/mol. The zero-order chi connectivity index (χ0) is 16.5. The van der Waals surface area contributed by atoms with E-state index in [1.807, 2.05) is 11.0 Å². The van der Waals surface area contributed by atoms with Gasteiger partial charge in [-0.1, -0.05) is 25.7 Å². The van der Waals surface area contributed by atoms with Crippen LogP contribution in [-0.2, 0) is 13.1 Å². The van der Waals surface area contributed by atoms with Gasteiger partial charge in [0.25, 0.3) is 5.91 Å². The normalized spacial score (nSPS) is 21.7. The highest BCUT2D eigenvalue weighted by atomic mass is 16.5. The molecule has 1 aliphatic heterocycles. The van der Waals surface area contributed by atoms with Crippen LogP contribution in [0.25, 0.3) is 0 Å². The molecule has 130 valence electrons. The summed E-state index contributed by atoms with van der Waals surface area (Å²) in [6.45, 7) is 1.37. The fourth-order valence-electron chi connectivity index (χ4n) is 4.47. The summed E-state index contributed by atoms with van der Waals surface area (Å²) in [5.41, 5.74) is 2.67. The molecule has 2 fully saturated rings. The van der Waals surface area contributed by atoms with Crippen molar-refractivity contribution in [2.75, 3.05) is 7.11 Å². The minimum absolute atomic E-state index is 0.161. The number of pyridine rings is 1. The predicted octanol–water partition coefficient (Wildman–Crippen LogP) is 3.02. The number of aromatic nitrogens is 1. The summed E-state index contributed by atoms with van der Waals surface area (Å²) in [6, 6.07) is 3.01. The number of methoxy groups -OCH3 is 1. The van der Waals surface area contributed by atoms with E-state index < -0.39 is 0 Å². The van der Waals surface area contributed by atoms with Gasteiger partial charge in [-0.3, -0.25) is 4.79 Å². The maximum absolute atomic E-state index is 12.8. The van der Waals surface area contributed by atoms with E-state index in [9.17, 15) is 4.79 Å². The molecule has 5 nitrogen and oxygen atoms in total. The standard InChI is InChI=1S/C19H27N3O2/c1-24-18-13(11-20-14-6-2-3-7-14)10-16-17(21-18)12-22(19(16)23)15-8-4-5-9-15/h10,14-15,20H,2-9,11-12H2,1H3. The smallest absolute Gasteiger partial charge is 0.256 e. The highest BCUT2D eigenvalue weighted by Gasteiger charge is 2.35. The average Bonchev–Trinajstić information content (AvgIpc) is 3.34. The second-order valence-electron chi connectivity index (χ2n) is 7.38. The van der Waals surface area contributed by atoms with Gasteiger partial charge in [-0.25, -0.2) is 4.98 Å². The third-order valence-corrected chi connectivity index (χ3v) is 5.85. The van der Waals surface area contributed by atoms with Gasteiger partial charge in [-0.15, -0.1) is 0 Å². The Hall–Kier alpha value is -1.62. The van der Waals surface area contributed by atoms with Crippen molar-refractivity contribution in [1.82, 2.24) is 15.2 Å². The number of rotatable bonds is 5. The van der Waals surface area contributed by atoms with E-state index in [0.29, 0.717) is 24.5 Å². The van der Waals surface area contributed by atoms with Crippen LogP contribution < -0.4 is 10.1 Å². The summed E-state index contributed by atoms with van der Waals surface area (Å²) in [7, 11) is 1.67. The van der Waals surface area contributed by atoms with Crippen LogP contribution in [0, 0.1) is 0 Å². The molecule has 1 aromatic rings. The Kier molecular flexibility index (Phi) is 4.44. The van der Waals surface area contributed by atoms with Crippen LogP contribution in [0.4, 0.5) is 0 Å². The first-order chi connectivity index (χ1) is 11.8. The molecule has 0 radical (unpaired) electrons. The fraction of sp³-hybridized carbons (Fsp3) is 0.684. The molecule has 2 aliphatic carbocycles. The molecule has 0 aromatic carbocycles. The molecule has 0 spiro atoms. The van der Waals surface area contributed by atoms with Crippen LogP contribution in [0.3, 0.4) is 0 Å². The monoisotopic (exact) mass is 329 g/mol. The molecule has 0 atom stereocenters. The number of fused-ring (bicyclic) bond motifs is 1. The van der Waals surface area contributed by atoms with E-state index in [2.05, 4.69) is 10.3 Å². The molecule has 2 heterocycles. The largest absolute Gasteiger partial charge is 0.481 e. The Balaban J connectivity index is 1.53. The fourth-order valence-corrected chi connectivity index (χ4v) is 4.47. The highest BCUT2D eigenvalue weighted by Crippen LogP contribution is 2.33. The first-order valence-electron chi connectivity index (χ1n) is 9.37. The minimum Gasteiger partial charge on any atom is -0.481 e. The van der Waals surface area contributed by atoms with Crippen LogP contribution in [-0.4, -0.2) is 35.0 Å². The molecule has 0 unspecified atom stereocenters. The zero-order valence-corrected chi connectivity index (χ0v) is 14.5. The maximum atomic E-state index is 12.8. The van der Waals surface area contributed by atoms with E-state index >= 15 is 0 Å². The van der Waals surface area contributed by atoms with Gasteiger partial charge in [0.2, 0.25) is 5.88 Å². The lowest BCUT2D eigenvalue weighted by atomic mass is 10.1. The molecule has 0 bridgehead atoms. The van der Waals surface area contributed by atoms with Crippen LogP contribution in [0.2, 0.25) is 0 Å². The second kappa shape index (κ2) is 6.71. The Morgan fingerprint density at radius 1 is 1.21 bits per heavy atom. The first-order valence-corrected chi connectivity index (χ1v) is 9.37. The Morgan fingerprint density at radius 3 is 2.62 bits per heavy atom. The minimum atomic E-state index is 0.161. The Labute approximate surface area is 143 Å². The molecular formula is C19H27N3O2. The van der Waals surface area contributed by atoms with E-state index in [1.165, 1.54) is 38.5 Å². The quantitative estimate of drug-likeness (QED) is 0.902. The van der Waals surface area contributed by atoms with Crippen molar-refractivity contribution in [1.29, 1.82) is 0 Å². The van der Waals surface area contributed by atoms with E-state index in [1.54, 1.807) is 7.11 Å². The van der Waals surface area contributed by atoms with Gasteiger partial charge >= 0.3 is 0 Å². The van der Waals surface area contributed by atoms with Crippen LogP contribution >= 0.6 is 0 Å². The molecule has 4 rings (SSSR count). The molecular weight excluding hydrogens is 302 g/mol. The summed E-state index contributed by atoms with van der Waals surface area (Å²) < 4.78 is 5.50. The SMILES string of the molecule is COc1nc2c(cc1CNC1CCCC1)C(=O)N(C1CCCC1)C2. The zero-order valence-electron chi connectivity index (χ0n) is 14.5. The lowest BCUT2D eigenvalue weighted by Gasteiger charge is -2.22. The molecule has 1 amide bonds. The van der Waals surface area contributed by atoms with Gasteiger partial charge < -0.3 is 15.0 Å². The van der Waals surface area contributed by atoms with Gasteiger partial charge in [0.05, 0.1) is 24.9 Å². The predicted molar refractivity (Wildman–Crippen MR) is 92.0 cm³/mol. The van der Waals surface area contributed by atoms with Crippen molar-refractivity contribution in [2.24, 2.45) is 0 Å². The number of nitrogens with zero attached hydrogens (tertiary/aromatic N) is 2. The Morgan fingerprint density at radius 2 is 1.92 bits per heavy atom. The summed E-state index contributed by atoms with van der Waals surface area (Å²) in [5.74, 6) is 0.828. The van der Waals surface area contributed by atoms with Crippen molar-refractivity contribution < 1.29 is 9.53 Å². The van der Waals surface area contributed by atoms with Crippen molar-refractivity contribution in [3.8, 4) is 5.88 Å². The molecule has 24 heavy (non-hydrogen) atoms. The lowest BCUT2D eigenvalue weighted by molar-refractivity contribution is 0.0706. The van der Waals surface area contributed by atoms with Gasteiger partial charge in [0, 0.05) is 24.2 Å². The number of amides is 1. The number of hydrogen-bond acceptors (Lipinski definition) is 4. The highest BCUT2D eigenvalue weighted by molar-refractivity contribution is 5.98. The number of ether oxygens (including phenoxy) is 1. The van der Waals surface area contributed by atoms with Crippen LogP contribution in [0.1, 0.15) is 73.0 Å². The molecule has 2 saturated carbocycles. The molecule has 5 heteroatoms. The second-order valence-corrected chi connectivity index (χ2v) is 7.38. The number of hydrogen-bond donors (Lipinski definition) is 1. The maximum Gasteiger partial charge on any atom is 0.256 e. The van der Waals surface area contributed by atoms with E-state index in [4.69, 9.17) is 4.74 Å². The molecule has 1 N–H and O–H groups in total. The molecule has 1 aromatic heterocycles. The number of nitrogens with one attached hydrogen (secondary N) is 1. The Bertz CT molecular complexity index is 619. The van der Waals surface area contributed by atoms with Crippen LogP contribution in [0.15, 0.2) is 6.07 Å². The summed E-state index contributed by atoms with van der Waals surface area (Å²) in [6.07, 6.45) is 9.85. The van der Waals surface area contributed by atoms with Crippen molar-refractivity contribution >= 4 is 5.91 Å². The van der Waals surface area contributed by atoms with Crippen molar-refractivity contribution in [3.05, 3.63) is 22.9 Å². The molecule has 0 saturated heterocycles. The number of carbonyl (C=O) groups is 1. The first kappa shape index (κ1) is 15.9. The van der Waals surface area contributed by atoms with Crippen LogP contribution in [0.5, 0.6) is 5.88 Å². The third-order valence-electron chi connectivity index (χ3n) is 5.85. The van der Waals surface area contributed by atoms with Gasteiger partial charge in [0.1, 0.15) is 0 Å². The van der Waals surface area contributed by atoms with E-state index in [-0.39, 0.29) is 5.91 Å². The summed E-state index contributed by atoms with van der Waals surface area (Å²) in [4.78, 5) is 19.5. The summed E-state index contributed by atoms with van der Waals surface area (Å²) >= 11 is 0. The lowest BCUT2D eigenvalue weighted by Crippen LogP contribution is -2.33. The van der Waals surface area contributed by atoms with Crippen molar-refractivity contribution in [3.63, 3.8) is 0 Å². The van der Waals surface area contributed by atoms with Gasteiger partial charge in [0.15, 0.2) is 0 Å². The molecule has 3 aliphatic rings. The van der Waals surface area contributed by atoms with E-state index in [0.717, 1.165) is 36.2 Å². The van der Waals surface area contributed by atoms with Gasteiger partial charge in [-0.05, 0) is 31.7 Å². The van der Waals surface area contributed by atoms with Gasteiger partial charge in [-0.2, -0.15) is 0 Å². The topological polar surface area (TPSA) is 54.5 Å².